The zero-order valence-electron chi connectivity index (χ0n) is 10.9. The first-order chi connectivity index (χ1) is 8.85. The Hall–Kier alpha value is -2.21. The Bertz CT molecular complexity index is 620. The number of nitrogens with one attached hydrogen (secondary N) is 1. The standard InChI is InChI=1S/C13H16N4O2/c1-13(2,14)8-15-12-6-3-9-7-10(17(18)19)4-5-11(9)16-12/h3-7H,8,14H2,1-2H3,(H,15,16). The van der Waals surface area contributed by atoms with E-state index < -0.39 is 4.92 Å². The Morgan fingerprint density at radius 3 is 2.74 bits per heavy atom. The molecule has 0 aliphatic carbocycles. The van der Waals surface area contributed by atoms with E-state index in [0.717, 1.165) is 5.39 Å². The second-order valence-corrected chi connectivity index (χ2v) is 5.17. The van der Waals surface area contributed by atoms with Crippen molar-refractivity contribution in [2.75, 3.05) is 11.9 Å². The Balaban J connectivity index is 2.26. The molecule has 1 aromatic heterocycles. The van der Waals surface area contributed by atoms with Gasteiger partial charge in [-0.2, -0.15) is 0 Å². The third-order valence-electron chi connectivity index (χ3n) is 2.61. The van der Waals surface area contributed by atoms with E-state index in [1.807, 2.05) is 13.8 Å². The molecule has 3 N–H and O–H groups in total. The van der Waals surface area contributed by atoms with E-state index in [9.17, 15) is 10.1 Å². The zero-order valence-corrected chi connectivity index (χ0v) is 10.9. The summed E-state index contributed by atoms with van der Waals surface area (Å²) in [4.78, 5) is 14.7. The third kappa shape index (κ3) is 3.38. The molecule has 0 amide bonds. The number of nitro groups is 1. The quantitative estimate of drug-likeness (QED) is 0.649. The largest absolute Gasteiger partial charge is 0.368 e. The number of non-ortho nitro benzene ring substituents is 1. The molecule has 6 heteroatoms. The molecule has 0 aliphatic heterocycles. The van der Waals surface area contributed by atoms with Crippen molar-refractivity contribution >= 4 is 22.4 Å². The Kier molecular flexibility index (Phi) is 3.35. The predicted molar refractivity (Wildman–Crippen MR) is 75.2 cm³/mol. The minimum atomic E-state index is -0.414. The van der Waals surface area contributed by atoms with Crippen LogP contribution in [0.1, 0.15) is 13.8 Å². The molecule has 0 saturated carbocycles. The number of nitrogens with two attached hydrogens (primary N) is 1. The van der Waals surface area contributed by atoms with E-state index in [0.29, 0.717) is 17.9 Å². The second kappa shape index (κ2) is 4.81. The molecule has 19 heavy (non-hydrogen) atoms. The van der Waals surface area contributed by atoms with E-state index in [4.69, 9.17) is 5.73 Å². The molecule has 6 nitrogen and oxygen atoms in total. The molecule has 0 unspecified atom stereocenters. The summed E-state index contributed by atoms with van der Waals surface area (Å²) < 4.78 is 0. The van der Waals surface area contributed by atoms with Crippen LogP contribution in [-0.2, 0) is 0 Å². The van der Waals surface area contributed by atoms with Crippen LogP contribution in [0.25, 0.3) is 10.9 Å². The molecule has 0 aliphatic rings. The first-order valence-corrected chi connectivity index (χ1v) is 5.93. The molecule has 2 aromatic rings. The molecule has 0 spiro atoms. The van der Waals surface area contributed by atoms with Crippen LogP contribution in [0.2, 0.25) is 0 Å². The van der Waals surface area contributed by atoms with Crippen LogP contribution in [0.3, 0.4) is 0 Å². The van der Waals surface area contributed by atoms with E-state index in [-0.39, 0.29) is 11.2 Å². The van der Waals surface area contributed by atoms with Crippen molar-refractivity contribution < 1.29 is 4.92 Å². The van der Waals surface area contributed by atoms with Gasteiger partial charge in [-0.05, 0) is 32.0 Å². The van der Waals surface area contributed by atoms with Crippen LogP contribution < -0.4 is 11.1 Å². The highest BCUT2D eigenvalue weighted by Gasteiger charge is 2.11. The molecule has 2 rings (SSSR count). The number of fused-ring (bicyclic) bond motifs is 1. The normalized spacial score (nSPS) is 11.5. The summed E-state index contributed by atoms with van der Waals surface area (Å²) in [5, 5.41) is 14.6. The first kappa shape index (κ1) is 13.2. The number of benzene rings is 1. The monoisotopic (exact) mass is 260 g/mol. The molecule has 0 atom stereocenters. The third-order valence-corrected chi connectivity index (χ3v) is 2.61. The number of rotatable bonds is 4. The number of hydrogen-bond donors (Lipinski definition) is 2. The summed E-state index contributed by atoms with van der Waals surface area (Å²) >= 11 is 0. The van der Waals surface area contributed by atoms with Gasteiger partial charge >= 0.3 is 0 Å². The molecule has 1 aromatic carbocycles. The predicted octanol–water partition coefficient (Wildman–Crippen LogP) is 2.29. The van der Waals surface area contributed by atoms with Crippen LogP contribution in [-0.4, -0.2) is 22.0 Å². The van der Waals surface area contributed by atoms with Crippen molar-refractivity contribution in [3.05, 3.63) is 40.4 Å². The van der Waals surface area contributed by atoms with Crippen molar-refractivity contribution in [1.82, 2.24) is 4.98 Å². The smallest absolute Gasteiger partial charge is 0.270 e. The van der Waals surface area contributed by atoms with Crippen molar-refractivity contribution in [2.24, 2.45) is 5.73 Å². The lowest BCUT2D eigenvalue weighted by Crippen LogP contribution is -2.39. The van der Waals surface area contributed by atoms with E-state index in [1.165, 1.54) is 12.1 Å². The van der Waals surface area contributed by atoms with Crippen molar-refractivity contribution in [3.63, 3.8) is 0 Å². The maximum atomic E-state index is 10.7. The highest BCUT2D eigenvalue weighted by molar-refractivity contribution is 5.82. The number of nitro benzene ring substituents is 1. The number of pyridine rings is 1. The number of hydrogen-bond acceptors (Lipinski definition) is 5. The van der Waals surface area contributed by atoms with Crippen molar-refractivity contribution in [3.8, 4) is 0 Å². The fourth-order valence-corrected chi connectivity index (χ4v) is 1.64. The average molecular weight is 260 g/mol. The summed E-state index contributed by atoms with van der Waals surface area (Å²) in [5.74, 6) is 0.708. The Labute approximate surface area is 110 Å². The summed E-state index contributed by atoms with van der Waals surface area (Å²) in [6.45, 7) is 4.44. The lowest BCUT2D eigenvalue weighted by Gasteiger charge is -2.19. The van der Waals surface area contributed by atoms with Crippen LogP contribution in [0.15, 0.2) is 30.3 Å². The lowest BCUT2D eigenvalue weighted by molar-refractivity contribution is -0.384. The van der Waals surface area contributed by atoms with Gasteiger partial charge in [-0.1, -0.05) is 0 Å². The lowest BCUT2D eigenvalue weighted by atomic mass is 10.1. The minimum Gasteiger partial charge on any atom is -0.368 e. The molecule has 1 heterocycles. The van der Waals surface area contributed by atoms with Gasteiger partial charge in [0.2, 0.25) is 0 Å². The topological polar surface area (TPSA) is 94.1 Å². The van der Waals surface area contributed by atoms with Crippen LogP contribution in [0.5, 0.6) is 0 Å². The van der Waals surface area contributed by atoms with E-state index >= 15 is 0 Å². The van der Waals surface area contributed by atoms with Gasteiger partial charge in [0, 0.05) is 29.6 Å². The number of anilines is 1. The highest BCUT2D eigenvalue weighted by atomic mass is 16.6. The first-order valence-electron chi connectivity index (χ1n) is 5.93. The summed E-state index contributed by atoms with van der Waals surface area (Å²) in [5.41, 5.74) is 6.34. The molecule has 100 valence electrons. The Morgan fingerprint density at radius 1 is 1.37 bits per heavy atom. The maximum absolute atomic E-state index is 10.7. The summed E-state index contributed by atoms with van der Waals surface area (Å²) in [6, 6.07) is 8.20. The SMILES string of the molecule is CC(C)(N)CNc1ccc2cc([N+](=O)[O-])ccc2n1. The molecular formula is C13H16N4O2. The van der Waals surface area contributed by atoms with E-state index in [1.54, 1.807) is 18.2 Å². The van der Waals surface area contributed by atoms with Crippen LogP contribution in [0.4, 0.5) is 11.5 Å². The van der Waals surface area contributed by atoms with Gasteiger partial charge < -0.3 is 11.1 Å². The summed E-state index contributed by atoms with van der Waals surface area (Å²) in [7, 11) is 0. The minimum absolute atomic E-state index is 0.0677. The molecule has 0 radical (unpaired) electrons. The van der Waals surface area contributed by atoms with Gasteiger partial charge in [-0.3, -0.25) is 10.1 Å². The average Bonchev–Trinajstić information content (AvgIpc) is 2.34. The van der Waals surface area contributed by atoms with Crippen molar-refractivity contribution in [2.45, 2.75) is 19.4 Å². The second-order valence-electron chi connectivity index (χ2n) is 5.17. The fraction of sp³-hybridized carbons (Fsp3) is 0.308. The van der Waals surface area contributed by atoms with E-state index in [2.05, 4.69) is 10.3 Å². The van der Waals surface area contributed by atoms with Crippen molar-refractivity contribution in [1.29, 1.82) is 0 Å². The van der Waals surface area contributed by atoms with Gasteiger partial charge in [0.1, 0.15) is 5.82 Å². The molecule has 0 bridgehead atoms. The number of aromatic nitrogens is 1. The van der Waals surface area contributed by atoms with Gasteiger partial charge in [-0.25, -0.2) is 4.98 Å². The van der Waals surface area contributed by atoms with Crippen LogP contribution in [0, 0.1) is 10.1 Å². The van der Waals surface area contributed by atoms with Crippen LogP contribution >= 0.6 is 0 Å². The van der Waals surface area contributed by atoms with Gasteiger partial charge in [-0.15, -0.1) is 0 Å². The summed E-state index contributed by atoms with van der Waals surface area (Å²) in [6.07, 6.45) is 0. The van der Waals surface area contributed by atoms with Gasteiger partial charge in [0.25, 0.3) is 5.69 Å². The molecular weight excluding hydrogens is 244 g/mol. The van der Waals surface area contributed by atoms with Gasteiger partial charge in [0.05, 0.1) is 10.4 Å². The van der Waals surface area contributed by atoms with Gasteiger partial charge in [0.15, 0.2) is 0 Å². The highest BCUT2D eigenvalue weighted by Crippen LogP contribution is 2.21. The zero-order chi connectivity index (χ0) is 14.0. The molecule has 0 saturated heterocycles. The fourth-order valence-electron chi connectivity index (χ4n) is 1.64. The Morgan fingerprint density at radius 2 is 2.11 bits per heavy atom. The number of nitrogens with zero attached hydrogens (tertiary/aromatic N) is 2. The maximum Gasteiger partial charge on any atom is 0.270 e. The molecule has 0 fully saturated rings.